The van der Waals surface area contributed by atoms with Crippen LogP contribution in [0.3, 0.4) is 0 Å². The van der Waals surface area contributed by atoms with Gasteiger partial charge in [-0.05, 0) is 61.7 Å². The van der Waals surface area contributed by atoms with Crippen LogP contribution >= 0.6 is 0 Å². The van der Waals surface area contributed by atoms with Gasteiger partial charge >= 0.3 is 0 Å². The lowest BCUT2D eigenvalue weighted by atomic mass is 9.79. The van der Waals surface area contributed by atoms with Crippen molar-refractivity contribution in [1.82, 2.24) is 9.55 Å². The number of fused-ring (bicyclic) bond motifs is 1. The third-order valence-corrected chi connectivity index (χ3v) is 6.05. The molecule has 2 atom stereocenters. The van der Waals surface area contributed by atoms with Gasteiger partial charge in [-0.3, -0.25) is 0 Å². The molecule has 2 unspecified atom stereocenters. The molecule has 2 aromatic rings. The summed E-state index contributed by atoms with van der Waals surface area (Å²) in [6.07, 6.45) is 8.55. The Morgan fingerprint density at radius 3 is 2.64 bits per heavy atom. The van der Waals surface area contributed by atoms with Crippen molar-refractivity contribution in [3.05, 3.63) is 54.1 Å². The Balaban J connectivity index is 1.61. The summed E-state index contributed by atoms with van der Waals surface area (Å²) < 4.78 is 2.29. The smallest absolute Gasteiger partial charge is 0.0956 e. The predicted octanol–water partition coefficient (Wildman–Crippen LogP) is 3.64. The Bertz CT molecular complexity index is 756. The lowest BCUT2D eigenvalue weighted by Crippen LogP contribution is -2.36. The third kappa shape index (κ3) is 3.05. The molecule has 0 spiro atoms. The molecule has 132 valence electrons. The Hall–Kier alpha value is -1.91. The fourth-order valence-electron chi connectivity index (χ4n) is 4.61. The molecule has 1 aromatic carbocycles. The Labute approximate surface area is 149 Å². The van der Waals surface area contributed by atoms with Gasteiger partial charge in [0.15, 0.2) is 0 Å². The van der Waals surface area contributed by atoms with E-state index in [1.165, 1.54) is 22.4 Å². The summed E-state index contributed by atoms with van der Waals surface area (Å²) in [6.45, 7) is 2.19. The first-order chi connectivity index (χ1) is 12.1. The van der Waals surface area contributed by atoms with Crippen LogP contribution in [0.5, 0.6) is 0 Å². The van der Waals surface area contributed by atoms with E-state index in [9.17, 15) is 5.11 Å². The van der Waals surface area contributed by atoms with Crippen molar-refractivity contribution in [2.24, 2.45) is 11.7 Å². The maximum atomic E-state index is 9.76. The Morgan fingerprint density at radius 2 is 1.92 bits per heavy atom. The highest BCUT2D eigenvalue weighted by Crippen LogP contribution is 2.45. The fraction of sp³-hybridized carbons (Fsp3) is 0.476. The van der Waals surface area contributed by atoms with Gasteiger partial charge < -0.3 is 15.4 Å². The zero-order valence-electron chi connectivity index (χ0n) is 14.8. The first kappa shape index (κ1) is 16.6. The van der Waals surface area contributed by atoms with Crippen molar-refractivity contribution in [1.29, 1.82) is 0 Å². The van der Waals surface area contributed by atoms with E-state index in [-0.39, 0.29) is 18.2 Å². The zero-order chi connectivity index (χ0) is 17.4. The second-order valence-corrected chi connectivity index (χ2v) is 7.57. The van der Waals surface area contributed by atoms with E-state index in [0.29, 0.717) is 5.92 Å². The van der Waals surface area contributed by atoms with Crippen LogP contribution in [0.1, 0.15) is 56.3 Å². The first-order valence-corrected chi connectivity index (χ1v) is 9.37. The van der Waals surface area contributed by atoms with E-state index < -0.39 is 0 Å². The van der Waals surface area contributed by atoms with Gasteiger partial charge in [-0.25, -0.2) is 4.98 Å². The maximum absolute atomic E-state index is 9.76. The van der Waals surface area contributed by atoms with Gasteiger partial charge in [0.25, 0.3) is 0 Å². The summed E-state index contributed by atoms with van der Waals surface area (Å²) in [4.78, 5) is 4.36. The molecule has 0 bridgehead atoms. The molecule has 1 saturated carbocycles. The molecule has 1 aliphatic carbocycles. The molecule has 4 rings (SSSR count). The largest absolute Gasteiger partial charge is 0.393 e. The van der Waals surface area contributed by atoms with Crippen LogP contribution in [0.4, 0.5) is 0 Å². The number of hydrogen-bond acceptors (Lipinski definition) is 3. The van der Waals surface area contributed by atoms with E-state index in [0.717, 1.165) is 32.1 Å². The molecule has 1 aromatic heterocycles. The highest BCUT2D eigenvalue weighted by molar-refractivity contribution is 5.93. The number of imidazole rings is 1. The minimum absolute atomic E-state index is 0.128. The summed E-state index contributed by atoms with van der Waals surface area (Å²) in [5, 5.41) is 9.76. The number of rotatable bonds is 4. The number of aliphatic hydroxyl groups excluding tert-OH is 1. The predicted molar refractivity (Wildman–Crippen MR) is 101 cm³/mol. The number of hydrogen-bond donors (Lipinski definition) is 2. The quantitative estimate of drug-likeness (QED) is 0.895. The summed E-state index contributed by atoms with van der Waals surface area (Å²) in [5.41, 5.74) is 11.8. The summed E-state index contributed by atoms with van der Waals surface area (Å²) in [5.74, 6) is 0.508. The van der Waals surface area contributed by atoms with Gasteiger partial charge in [0.2, 0.25) is 0 Å². The molecule has 25 heavy (non-hydrogen) atoms. The van der Waals surface area contributed by atoms with E-state index in [2.05, 4.69) is 46.8 Å². The van der Waals surface area contributed by atoms with Crippen molar-refractivity contribution in [2.45, 2.75) is 57.2 Å². The first-order valence-electron chi connectivity index (χ1n) is 9.37. The average Bonchev–Trinajstić information content (AvgIpc) is 3.20. The fourth-order valence-corrected chi connectivity index (χ4v) is 4.61. The molecule has 1 fully saturated rings. The van der Waals surface area contributed by atoms with Crippen molar-refractivity contribution in [2.75, 3.05) is 0 Å². The van der Waals surface area contributed by atoms with Crippen LogP contribution in [-0.2, 0) is 0 Å². The highest BCUT2D eigenvalue weighted by Gasteiger charge is 2.33. The molecule has 0 amide bonds. The summed E-state index contributed by atoms with van der Waals surface area (Å²) in [6, 6.07) is 11.0. The second-order valence-electron chi connectivity index (χ2n) is 7.57. The molecule has 4 heteroatoms. The van der Waals surface area contributed by atoms with Crippen LogP contribution < -0.4 is 5.73 Å². The van der Waals surface area contributed by atoms with E-state index in [1.54, 1.807) is 0 Å². The van der Waals surface area contributed by atoms with Crippen molar-refractivity contribution in [3.8, 4) is 0 Å². The second kappa shape index (κ2) is 6.77. The maximum Gasteiger partial charge on any atom is 0.0956 e. The Morgan fingerprint density at radius 1 is 1.20 bits per heavy atom. The Kier molecular flexibility index (Phi) is 4.48. The van der Waals surface area contributed by atoms with Crippen LogP contribution in [0.2, 0.25) is 0 Å². The molecule has 2 aliphatic rings. The number of nitrogens with zero attached hydrogens (tertiary/aromatic N) is 2. The van der Waals surface area contributed by atoms with E-state index >= 15 is 0 Å². The lowest BCUT2D eigenvalue weighted by molar-refractivity contribution is 0.0998. The van der Waals surface area contributed by atoms with Gasteiger partial charge in [0.05, 0.1) is 30.4 Å². The molecule has 0 saturated heterocycles. The SMILES string of the molecule is CC1=C(c2ccccc2)C(CC(N)C2CCC(O)CC2)n2cncc21. The van der Waals surface area contributed by atoms with Gasteiger partial charge in [0.1, 0.15) is 0 Å². The third-order valence-electron chi connectivity index (χ3n) is 6.05. The van der Waals surface area contributed by atoms with Gasteiger partial charge in [-0.2, -0.15) is 0 Å². The van der Waals surface area contributed by atoms with Crippen molar-refractivity contribution in [3.63, 3.8) is 0 Å². The molecular weight excluding hydrogens is 310 g/mol. The van der Waals surface area contributed by atoms with Crippen molar-refractivity contribution < 1.29 is 5.11 Å². The van der Waals surface area contributed by atoms with E-state index in [4.69, 9.17) is 5.73 Å². The summed E-state index contributed by atoms with van der Waals surface area (Å²) in [7, 11) is 0. The van der Waals surface area contributed by atoms with Gasteiger partial charge in [-0.15, -0.1) is 0 Å². The number of allylic oxidation sites excluding steroid dienone is 2. The molecule has 4 nitrogen and oxygen atoms in total. The molecular formula is C21H27N3O. The van der Waals surface area contributed by atoms with Crippen molar-refractivity contribution >= 4 is 11.1 Å². The standard InChI is InChI=1S/C21H27N3O/c1-14-20-12-23-13-24(20)19(21(14)16-5-3-2-4-6-16)11-18(22)15-7-9-17(25)10-8-15/h2-6,12-13,15,17-19,25H,7-11,22H2,1H3. The van der Waals surface area contributed by atoms with E-state index in [1.807, 2.05) is 12.5 Å². The topological polar surface area (TPSA) is 64.1 Å². The number of aliphatic hydroxyl groups is 1. The molecule has 3 N–H and O–H groups in total. The summed E-state index contributed by atoms with van der Waals surface area (Å²) >= 11 is 0. The zero-order valence-corrected chi connectivity index (χ0v) is 14.8. The lowest BCUT2D eigenvalue weighted by Gasteiger charge is -2.32. The van der Waals surface area contributed by atoms with Gasteiger partial charge in [0, 0.05) is 6.04 Å². The normalized spacial score (nSPS) is 27.4. The number of benzene rings is 1. The minimum Gasteiger partial charge on any atom is -0.393 e. The molecule has 0 radical (unpaired) electrons. The average molecular weight is 337 g/mol. The van der Waals surface area contributed by atoms with Crippen LogP contribution in [0, 0.1) is 5.92 Å². The van der Waals surface area contributed by atoms with Crippen LogP contribution in [0.15, 0.2) is 42.9 Å². The monoisotopic (exact) mass is 337 g/mol. The molecule has 1 aliphatic heterocycles. The highest BCUT2D eigenvalue weighted by atomic mass is 16.3. The minimum atomic E-state index is -0.128. The molecule has 2 heterocycles. The number of aromatic nitrogens is 2. The van der Waals surface area contributed by atoms with Gasteiger partial charge in [-0.1, -0.05) is 30.3 Å². The van der Waals surface area contributed by atoms with Crippen LogP contribution in [0.25, 0.3) is 11.1 Å². The van der Waals surface area contributed by atoms with Crippen LogP contribution in [-0.4, -0.2) is 26.8 Å². The number of nitrogens with two attached hydrogens (primary N) is 1.